The van der Waals surface area contributed by atoms with Gasteiger partial charge >= 0.3 is 11.9 Å². The number of para-hydroxylation sites is 1. The first-order valence-corrected chi connectivity index (χ1v) is 10.8. The molecule has 184 valence electrons. The number of nitrogens with zero attached hydrogens (tertiary/aromatic N) is 1. The van der Waals surface area contributed by atoms with Crippen molar-refractivity contribution >= 4 is 46.3 Å². The van der Waals surface area contributed by atoms with E-state index in [0.717, 1.165) is 37.4 Å². The van der Waals surface area contributed by atoms with Crippen molar-refractivity contribution in [3.63, 3.8) is 0 Å². The Morgan fingerprint density at radius 1 is 1.03 bits per heavy atom. The molecule has 3 aromatic rings. The van der Waals surface area contributed by atoms with E-state index in [0.29, 0.717) is 0 Å². The zero-order valence-corrected chi connectivity index (χ0v) is 20.0. The number of carbonyl (C=O) groups excluding carboxylic acids is 1. The Bertz CT molecular complexity index is 1280. The van der Waals surface area contributed by atoms with Crippen LogP contribution in [0.25, 0.3) is 0 Å². The van der Waals surface area contributed by atoms with Gasteiger partial charge in [-0.1, -0.05) is 53.0 Å². The Hall–Kier alpha value is -2.85. The van der Waals surface area contributed by atoms with Crippen molar-refractivity contribution in [2.45, 2.75) is 18.2 Å². The lowest BCUT2D eigenvalue weighted by molar-refractivity contribution is -0.385. The number of methoxy groups -OCH3 is 1. The molecule has 0 radical (unpaired) electrons. The summed E-state index contributed by atoms with van der Waals surface area (Å²) in [5.41, 5.74) is -5.28. The Morgan fingerprint density at radius 2 is 1.60 bits per heavy atom. The highest BCUT2D eigenvalue weighted by atomic mass is 35.5. The highest BCUT2D eigenvalue weighted by Crippen LogP contribution is 2.46. The number of nitro benzene ring substituents is 1. The van der Waals surface area contributed by atoms with E-state index in [2.05, 4.69) is 0 Å². The van der Waals surface area contributed by atoms with Crippen LogP contribution in [0, 0.1) is 10.1 Å². The molecule has 1 N–H and O–H groups in total. The fourth-order valence-electron chi connectivity index (χ4n) is 3.52. The van der Waals surface area contributed by atoms with Gasteiger partial charge in [0.1, 0.15) is 0 Å². The Labute approximate surface area is 211 Å². The number of benzene rings is 3. The van der Waals surface area contributed by atoms with Gasteiger partial charge in [-0.25, -0.2) is 0 Å². The van der Waals surface area contributed by atoms with E-state index in [4.69, 9.17) is 39.5 Å². The van der Waals surface area contributed by atoms with Crippen molar-refractivity contribution in [1.29, 1.82) is 0 Å². The van der Waals surface area contributed by atoms with E-state index in [1.165, 1.54) is 24.3 Å². The number of ether oxygens (including phenoxy) is 1. The molecule has 1 unspecified atom stereocenters. The molecule has 0 aliphatic rings. The molecule has 3 aromatic carbocycles. The Kier molecular flexibility index (Phi) is 7.66. The summed E-state index contributed by atoms with van der Waals surface area (Å²) in [6.07, 6.45) is -5.66. The number of alkyl halides is 3. The van der Waals surface area contributed by atoms with Gasteiger partial charge in [0.2, 0.25) is 11.4 Å². The van der Waals surface area contributed by atoms with Crippen LogP contribution in [-0.4, -0.2) is 29.1 Å². The summed E-state index contributed by atoms with van der Waals surface area (Å²) in [6, 6.07) is 9.88. The zero-order valence-electron chi connectivity index (χ0n) is 17.7. The third-order valence-corrected chi connectivity index (χ3v) is 6.19. The van der Waals surface area contributed by atoms with Crippen LogP contribution < -0.4 is 4.74 Å². The predicted molar refractivity (Wildman–Crippen MR) is 125 cm³/mol. The summed E-state index contributed by atoms with van der Waals surface area (Å²) in [7, 11) is 1.16. The molecule has 0 fully saturated rings. The summed E-state index contributed by atoms with van der Waals surface area (Å²) in [5.74, 6) is -0.952. The number of halogens is 6. The number of Topliss-reactive ketones (excluding diaryl/α,β-unsaturated/α-hetero) is 1. The molecule has 0 spiro atoms. The van der Waals surface area contributed by atoms with Gasteiger partial charge in [0, 0.05) is 33.1 Å². The molecule has 0 aliphatic heterocycles. The Balaban J connectivity index is 2.06. The van der Waals surface area contributed by atoms with Crippen LogP contribution in [0.3, 0.4) is 0 Å². The minimum atomic E-state index is -5.17. The highest BCUT2D eigenvalue weighted by Gasteiger charge is 2.56. The van der Waals surface area contributed by atoms with E-state index in [1.807, 2.05) is 0 Å². The number of carbonyl (C=O) groups is 1. The molecule has 0 amide bonds. The number of hydrogen-bond donors (Lipinski definition) is 1. The molecule has 0 saturated carbocycles. The highest BCUT2D eigenvalue weighted by molar-refractivity contribution is 6.36. The third-order valence-electron chi connectivity index (χ3n) is 5.26. The topological polar surface area (TPSA) is 89.7 Å². The first-order chi connectivity index (χ1) is 16.3. The van der Waals surface area contributed by atoms with E-state index in [1.54, 1.807) is 0 Å². The predicted octanol–water partition coefficient (Wildman–Crippen LogP) is 6.79. The first kappa shape index (κ1) is 26.7. The fraction of sp³-hybridized carbons (Fsp3) is 0.174. The monoisotopic (exact) mass is 547 g/mol. The van der Waals surface area contributed by atoms with Crippen molar-refractivity contribution in [3.8, 4) is 5.75 Å². The van der Waals surface area contributed by atoms with Gasteiger partial charge in [0.05, 0.1) is 17.6 Å². The van der Waals surface area contributed by atoms with Gasteiger partial charge in [0.25, 0.3) is 0 Å². The number of rotatable bonds is 7. The molecule has 0 heterocycles. The van der Waals surface area contributed by atoms with Gasteiger partial charge in [0.15, 0.2) is 5.78 Å². The number of ketones is 1. The second-order valence-electron chi connectivity index (χ2n) is 7.35. The Morgan fingerprint density at radius 3 is 2.09 bits per heavy atom. The normalized spacial score (nSPS) is 13.3. The lowest BCUT2D eigenvalue weighted by Gasteiger charge is -2.32. The molecular weight excluding hydrogens is 534 g/mol. The first-order valence-electron chi connectivity index (χ1n) is 9.69. The summed E-state index contributed by atoms with van der Waals surface area (Å²) in [5, 5.41) is 21.5. The number of aliphatic hydroxyl groups is 1. The SMILES string of the molecule is COc1c(C(=O)Cc2c(Cl)cc(C(O)(c3ccc(Cl)cc3)C(F)(F)F)cc2Cl)cccc1[N+](=O)[O-]. The quantitative estimate of drug-likeness (QED) is 0.200. The lowest BCUT2D eigenvalue weighted by atomic mass is 9.85. The van der Waals surface area contributed by atoms with Crippen molar-refractivity contribution in [2.75, 3.05) is 7.11 Å². The average Bonchev–Trinajstić information content (AvgIpc) is 2.79. The van der Waals surface area contributed by atoms with Gasteiger partial charge in [-0.15, -0.1) is 0 Å². The van der Waals surface area contributed by atoms with Crippen molar-refractivity contribution in [3.05, 3.63) is 102 Å². The van der Waals surface area contributed by atoms with Crippen molar-refractivity contribution in [1.82, 2.24) is 0 Å². The number of hydrogen-bond acceptors (Lipinski definition) is 5. The van der Waals surface area contributed by atoms with E-state index >= 15 is 0 Å². The van der Waals surface area contributed by atoms with Gasteiger partial charge in [-0.3, -0.25) is 14.9 Å². The van der Waals surface area contributed by atoms with Gasteiger partial charge in [-0.05, 0) is 41.5 Å². The molecule has 1 atom stereocenters. The molecule has 6 nitrogen and oxygen atoms in total. The van der Waals surface area contributed by atoms with Crippen LogP contribution in [0.4, 0.5) is 18.9 Å². The summed E-state index contributed by atoms with van der Waals surface area (Å²) < 4.78 is 47.2. The minimum Gasteiger partial charge on any atom is -0.490 e. The smallest absolute Gasteiger partial charge is 0.425 e. The van der Waals surface area contributed by atoms with E-state index in [9.17, 15) is 33.2 Å². The van der Waals surface area contributed by atoms with Crippen LogP contribution >= 0.6 is 34.8 Å². The van der Waals surface area contributed by atoms with Crippen LogP contribution in [0.15, 0.2) is 54.6 Å². The minimum absolute atomic E-state index is 0.0312. The fourth-order valence-corrected chi connectivity index (χ4v) is 4.27. The lowest BCUT2D eigenvalue weighted by Crippen LogP contribution is -2.43. The molecule has 12 heteroatoms. The molecule has 0 aromatic heterocycles. The average molecular weight is 549 g/mol. The van der Waals surface area contributed by atoms with Crippen LogP contribution in [-0.2, 0) is 12.0 Å². The van der Waals surface area contributed by atoms with Crippen LogP contribution in [0.1, 0.15) is 27.0 Å². The van der Waals surface area contributed by atoms with Crippen molar-refractivity contribution in [2.24, 2.45) is 0 Å². The summed E-state index contributed by atoms with van der Waals surface area (Å²) in [6.45, 7) is 0. The molecule has 0 saturated heterocycles. The number of nitro groups is 1. The maximum atomic E-state index is 14.1. The standard InChI is InChI=1S/C23H15Cl3F3NO5/c1-35-21-15(3-2-4-19(21)30(33)34)20(31)11-16-17(25)9-13(10-18(16)26)22(32,23(27,28)29)12-5-7-14(24)8-6-12/h2-10,32H,11H2,1H3. The largest absolute Gasteiger partial charge is 0.490 e. The molecule has 0 bridgehead atoms. The van der Waals surface area contributed by atoms with Crippen LogP contribution in [0.2, 0.25) is 15.1 Å². The van der Waals surface area contributed by atoms with E-state index in [-0.39, 0.29) is 31.9 Å². The summed E-state index contributed by atoms with van der Waals surface area (Å²) >= 11 is 18.2. The molecular formula is C23H15Cl3F3NO5. The van der Waals surface area contributed by atoms with Crippen molar-refractivity contribution < 1.29 is 32.7 Å². The van der Waals surface area contributed by atoms with E-state index < -0.39 is 45.7 Å². The summed E-state index contributed by atoms with van der Waals surface area (Å²) in [4.78, 5) is 23.4. The molecule has 0 aliphatic carbocycles. The van der Waals surface area contributed by atoms with Gasteiger partial charge in [-0.2, -0.15) is 13.2 Å². The van der Waals surface area contributed by atoms with Crippen LogP contribution in [0.5, 0.6) is 5.75 Å². The zero-order chi connectivity index (χ0) is 26.1. The molecule has 35 heavy (non-hydrogen) atoms. The maximum Gasteiger partial charge on any atom is 0.425 e. The third kappa shape index (κ3) is 5.08. The second-order valence-corrected chi connectivity index (χ2v) is 8.60. The molecule has 3 rings (SSSR count). The maximum absolute atomic E-state index is 14.1. The second kappa shape index (κ2) is 10.0. The van der Waals surface area contributed by atoms with Gasteiger partial charge < -0.3 is 9.84 Å².